The summed E-state index contributed by atoms with van der Waals surface area (Å²) in [4.78, 5) is 17.9. The number of amides is 1. The third-order valence-corrected chi connectivity index (χ3v) is 6.98. The van der Waals surface area contributed by atoms with Crippen molar-refractivity contribution in [1.82, 2.24) is 19.9 Å². The van der Waals surface area contributed by atoms with E-state index in [4.69, 9.17) is 5.21 Å². The highest BCUT2D eigenvalue weighted by Gasteiger charge is 2.23. The molecule has 0 radical (unpaired) electrons. The van der Waals surface area contributed by atoms with Crippen LogP contribution in [0.4, 0.5) is 8.78 Å². The Hall–Kier alpha value is -2.89. The molecule has 2 N–H and O–H groups in total. The van der Waals surface area contributed by atoms with Gasteiger partial charge >= 0.3 is 0 Å². The molecule has 2 aromatic heterocycles. The van der Waals surface area contributed by atoms with E-state index in [1.165, 1.54) is 24.4 Å². The first-order valence-electron chi connectivity index (χ1n) is 9.54. The first kappa shape index (κ1) is 21.3. The van der Waals surface area contributed by atoms with Crippen molar-refractivity contribution in [3.63, 3.8) is 0 Å². The van der Waals surface area contributed by atoms with Gasteiger partial charge in [0.15, 0.2) is 9.84 Å². The third kappa shape index (κ3) is 4.58. The molecular formula is C20H20F2N4O4S. The van der Waals surface area contributed by atoms with Crippen LogP contribution in [0.2, 0.25) is 0 Å². The predicted octanol–water partition coefficient (Wildman–Crippen LogP) is 1.71. The number of sulfone groups is 1. The molecule has 1 saturated heterocycles. The molecule has 1 aliphatic heterocycles. The third-order valence-electron chi connectivity index (χ3n) is 5.37. The fraction of sp³-hybridized carbons (Fsp3) is 0.300. The summed E-state index contributed by atoms with van der Waals surface area (Å²) in [5.74, 6) is -1.96. The molecule has 0 saturated carbocycles. The smallest absolute Gasteiger partial charge is 0.293 e. The molecule has 3 heterocycles. The zero-order valence-electron chi connectivity index (χ0n) is 16.4. The van der Waals surface area contributed by atoms with Crippen LogP contribution in [-0.4, -0.2) is 58.6 Å². The molecule has 4 rings (SSSR count). The molecule has 0 spiro atoms. The first-order chi connectivity index (χ1) is 14.8. The number of rotatable bonds is 5. The Morgan fingerprint density at radius 2 is 1.87 bits per heavy atom. The van der Waals surface area contributed by atoms with Crippen LogP contribution in [0, 0.1) is 11.6 Å². The summed E-state index contributed by atoms with van der Waals surface area (Å²) in [6.07, 6.45) is 3.24. The number of benzene rings is 1. The summed E-state index contributed by atoms with van der Waals surface area (Å²) in [5, 5.41) is 9.58. The van der Waals surface area contributed by atoms with Crippen LogP contribution in [-0.2, 0) is 22.9 Å². The number of carbonyl (C=O) groups is 1. The van der Waals surface area contributed by atoms with Crippen molar-refractivity contribution in [2.75, 3.05) is 24.6 Å². The zero-order valence-corrected chi connectivity index (χ0v) is 17.2. The largest absolute Gasteiger partial charge is 0.341 e. The second kappa shape index (κ2) is 8.33. The van der Waals surface area contributed by atoms with Gasteiger partial charge in [-0.05, 0) is 17.7 Å². The van der Waals surface area contributed by atoms with Gasteiger partial charge in [-0.25, -0.2) is 27.7 Å². The zero-order chi connectivity index (χ0) is 22.2. The van der Waals surface area contributed by atoms with Crippen LogP contribution in [0.5, 0.6) is 0 Å². The summed E-state index contributed by atoms with van der Waals surface area (Å²) in [6.45, 7) is 1.31. The van der Waals surface area contributed by atoms with Gasteiger partial charge in [-0.3, -0.25) is 14.9 Å². The number of hydrogen-bond donors (Lipinski definition) is 2. The Labute approximate surface area is 177 Å². The normalized spacial score (nSPS) is 16.5. The molecule has 11 heteroatoms. The van der Waals surface area contributed by atoms with Crippen molar-refractivity contribution < 1.29 is 27.2 Å². The molecule has 0 bridgehead atoms. The highest BCUT2D eigenvalue weighted by molar-refractivity contribution is 7.91. The van der Waals surface area contributed by atoms with Gasteiger partial charge < -0.3 is 4.57 Å². The molecule has 0 aliphatic carbocycles. The van der Waals surface area contributed by atoms with Gasteiger partial charge in [0.2, 0.25) is 0 Å². The lowest BCUT2D eigenvalue weighted by molar-refractivity contribution is 0.0701. The van der Waals surface area contributed by atoms with Crippen LogP contribution >= 0.6 is 0 Å². The van der Waals surface area contributed by atoms with Gasteiger partial charge in [0, 0.05) is 42.8 Å². The van der Waals surface area contributed by atoms with E-state index >= 15 is 0 Å². The Kier molecular flexibility index (Phi) is 5.73. The Bertz CT molecular complexity index is 1250. The van der Waals surface area contributed by atoms with Crippen molar-refractivity contribution in [3.05, 3.63) is 65.1 Å². The van der Waals surface area contributed by atoms with E-state index in [1.807, 2.05) is 4.90 Å². The number of fused-ring (bicyclic) bond motifs is 1. The minimum atomic E-state index is -3.03. The highest BCUT2D eigenvalue weighted by atomic mass is 32.2. The SMILES string of the molecule is O=C(NO)c1cc2c(CN3CCS(=O)(=O)CC3)cn(Cc3ccc(F)cc3F)c2cn1. The summed E-state index contributed by atoms with van der Waals surface area (Å²) in [5.41, 5.74) is 3.25. The van der Waals surface area contributed by atoms with Gasteiger partial charge in [-0.15, -0.1) is 0 Å². The lowest BCUT2D eigenvalue weighted by Crippen LogP contribution is -2.39. The summed E-state index contributed by atoms with van der Waals surface area (Å²) >= 11 is 0. The molecule has 1 aliphatic rings. The maximum absolute atomic E-state index is 14.2. The van der Waals surface area contributed by atoms with E-state index in [2.05, 4.69) is 4.98 Å². The molecule has 164 valence electrons. The van der Waals surface area contributed by atoms with Crippen molar-refractivity contribution in [2.45, 2.75) is 13.1 Å². The van der Waals surface area contributed by atoms with E-state index in [0.717, 1.165) is 11.6 Å². The molecular weight excluding hydrogens is 430 g/mol. The monoisotopic (exact) mass is 450 g/mol. The Morgan fingerprint density at radius 1 is 1.13 bits per heavy atom. The minimum absolute atomic E-state index is 0.00295. The van der Waals surface area contributed by atoms with E-state index in [0.29, 0.717) is 30.5 Å². The molecule has 1 fully saturated rings. The van der Waals surface area contributed by atoms with Crippen LogP contribution in [0.15, 0.2) is 36.7 Å². The molecule has 3 aromatic rings. The topological polar surface area (TPSA) is 105 Å². The van der Waals surface area contributed by atoms with Crippen LogP contribution in [0.1, 0.15) is 21.6 Å². The molecule has 0 unspecified atom stereocenters. The van der Waals surface area contributed by atoms with E-state index < -0.39 is 27.4 Å². The van der Waals surface area contributed by atoms with E-state index in [1.54, 1.807) is 16.2 Å². The van der Waals surface area contributed by atoms with Crippen LogP contribution in [0.3, 0.4) is 0 Å². The van der Waals surface area contributed by atoms with Gasteiger partial charge in [-0.1, -0.05) is 6.07 Å². The molecule has 0 atom stereocenters. The number of pyridine rings is 1. The fourth-order valence-electron chi connectivity index (χ4n) is 3.68. The lowest BCUT2D eigenvalue weighted by atomic mass is 10.1. The number of hydrogen-bond acceptors (Lipinski definition) is 6. The molecule has 1 aromatic carbocycles. The van der Waals surface area contributed by atoms with Crippen molar-refractivity contribution in [1.29, 1.82) is 0 Å². The average Bonchev–Trinajstić information content (AvgIpc) is 3.07. The lowest BCUT2D eigenvalue weighted by Gasteiger charge is -2.26. The fourth-order valence-corrected chi connectivity index (χ4v) is 4.96. The van der Waals surface area contributed by atoms with Crippen molar-refractivity contribution >= 4 is 26.6 Å². The van der Waals surface area contributed by atoms with Gasteiger partial charge in [0.1, 0.15) is 17.3 Å². The minimum Gasteiger partial charge on any atom is -0.341 e. The van der Waals surface area contributed by atoms with E-state index in [-0.39, 0.29) is 29.3 Å². The first-order valence-corrected chi connectivity index (χ1v) is 11.4. The maximum atomic E-state index is 14.2. The highest BCUT2D eigenvalue weighted by Crippen LogP contribution is 2.25. The summed E-state index contributed by atoms with van der Waals surface area (Å²) in [7, 11) is -3.03. The second-order valence-corrected chi connectivity index (χ2v) is 9.78. The number of hydroxylamine groups is 1. The summed E-state index contributed by atoms with van der Waals surface area (Å²) in [6, 6.07) is 4.89. The second-order valence-electron chi connectivity index (χ2n) is 7.47. The maximum Gasteiger partial charge on any atom is 0.293 e. The van der Waals surface area contributed by atoms with Gasteiger partial charge in [0.25, 0.3) is 5.91 Å². The number of carbonyl (C=O) groups excluding carboxylic acids is 1. The number of halogens is 2. The standard InChI is InChI=1S/C20H20F2N4O4S/c21-15-2-1-13(17(22)7-15)11-26-12-14(10-25-3-5-31(29,30)6-4-25)16-8-18(20(27)24-28)23-9-19(16)26/h1-2,7-9,12,28H,3-6,10-11H2,(H,24,27). The van der Waals surface area contributed by atoms with Crippen LogP contribution in [0.25, 0.3) is 10.9 Å². The number of nitrogens with zero attached hydrogens (tertiary/aromatic N) is 3. The van der Waals surface area contributed by atoms with Gasteiger partial charge in [0.05, 0.1) is 29.8 Å². The van der Waals surface area contributed by atoms with Crippen LogP contribution < -0.4 is 5.48 Å². The van der Waals surface area contributed by atoms with Crippen molar-refractivity contribution in [3.8, 4) is 0 Å². The molecule has 8 nitrogen and oxygen atoms in total. The average molecular weight is 450 g/mol. The predicted molar refractivity (Wildman–Crippen MR) is 108 cm³/mol. The molecule has 31 heavy (non-hydrogen) atoms. The number of aromatic nitrogens is 2. The quantitative estimate of drug-likeness (QED) is 0.453. The van der Waals surface area contributed by atoms with E-state index in [9.17, 15) is 22.0 Å². The van der Waals surface area contributed by atoms with Crippen molar-refractivity contribution in [2.24, 2.45) is 0 Å². The number of nitrogens with one attached hydrogen (secondary N) is 1. The van der Waals surface area contributed by atoms with Gasteiger partial charge in [-0.2, -0.15) is 0 Å². The Balaban J connectivity index is 1.71. The molecule has 1 amide bonds. The Morgan fingerprint density at radius 3 is 2.55 bits per heavy atom. The summed E-state index contributed by atoms with van der Waals surface area (Å²) < 4.78 is 52.6.